The van der Waals surface area contributed by atoms with Gasteiger partial charge in [0.25, 0.3) is 10.0 Å². The third kappa shape index (κ3) is 5.89. The van der Waals surface area contributed by atoms with Crippen LogP contribution in [0, 0.1) is 0 Å². The van der Waals surface area contributed by atoms with E-state index in [1.807, 2.05) is 4.72 Å². The first kappa shape index (κ1) is 22.1. The van der Waals surface area contributed by atoms with Gasteiger partial charge >= 0.3 is 6.03 Å². The van der Waals surface area contributed by atoms with Crippen molar-refractivity contribution in [3.63, 3.8) is 0 Å². The van der Waals surface area contributed by atoms with Crippen molar-refractivity contribution in [2.24, 2.45) is 15.1 Å². The molecule has 1 atom stereocenters. The molecule has 0 spiro atoms. The summed E-state index contributed by atoms with van der Waals surface area (Å²) in [5.41, 5.74) is 2.84. The van der Waals surface area contributed by atoms with Crippen LogP contribution in [0.15, 0.2) is 44.3 Å². The Morgan fingerprint density at radius 1 is 1.31 bits per heavy atom. The number of ether oxygens (including phenoxy) is 2. The van der Waals surface area contributed by atoms with E-state index in [0.29, 0.717) is 11.5 Å². The molecule has 1 aliphatic rings. The predicted octanol–water partition coefficient (Wildman–Crippen LogP) is 0.683. The third-order valence-electron chi connectivity index (χ3n) is 3.49. The molecule has 12 nitrogen and oxygen atoms in total. The maximum Gasteiger partial charge on any atom is 0.347 e. The number of oxime groups is 1. The van der Waals surface area contributed by atoms with Gasteiger partial charge in [-0.1, -0.05) is 17.3 Å². The van der Waals surface area contributed by atoms with Gasteiger partial charge in [0.15, 0.2) is 0 Å². The first-order valence-electron chi connectivity index (χ1n) is 8.28. The van der Waals surface area contributed by atoms with Gasteiger partial charge in [0.1, 0.15) is 36.5 Å². The molecule has 1 heterocycles. The molecule has 13 heteroatoms. The number of aliphatic imine (C=N–C) groups is 2. The fourth-order valence-electron chi connectivity index (χ4n) is 2.23. The average molecular weight is 426 g/mol. The number of methoxy groups -OCH3 is 1. The third-order valence-corrected chi connectivity index (χ3v) is 4.86. The Balaban J connectivity index is 2.13. The van der Waals surface area contributed by atoms with E-state index in [9.17, 15) is 13.2 Å². The number of amides is 2. The molecular weight excluding hydrogens is 404 g/mol. The van der Waals surface area contributed by atoms with Crippen molar-refractivity contribution < 1.29 is 27.5 Å². The Labute approximate surface area is 168 Å². The average Bonchev–Trinajstić information content (AvgIpc) is 2.68. The summed E-state index contributed by atoms with van der Waals surface area (Å²) in [6.45, 7) is 3.26. The first-order valence-corrected chi connectivity index (χ1v) is 9.76. The van der Waals surface area contributed by atoms with Crippen LogP contribution in [0.5, 0.6) is 5.75 Å². The highest BCUT2D eigenvalue weighted by Crippen LogP contribution is 2.23. The van der Waals surface area contributed by atoms with Crippen molar-refractivity contribution in [2.75, 3.05) is 20.8 Å². The minimum atomic E-state index is -4.25. The van der Waals surface area contributed by atoms with E-state index in [1.54, 1.807) is 19.9 Å². The minimum absolute atomic E-state index is 0.00350. The molecule has 2 rings (SSSR count). The van der Waals surface area contributed by atoms with Crippen LogP contribution >= 0.6 is 0 Å². The van der Waals surface area contributed by atoms with Gasteiger partial charge in [0, 0.05) is 7.11 Å². The lowest BCUT2D eigenvalue weighted by atomic mass is 10.3. The van der Waals surface area contributed by atoms with Crippen molar-refractivity contribution >= 4 is 33.9 Å². The molecule has 0 fully saturated rings. The summed E-state index contributed by atoms with van der Waals surface area (Å²) in [5.74, 6) is 0.407. The van der Waals surface area contributed by atoms with Crippen LogP contribution in [-0.2, 0) is 19.6 Å². The topological polar surface area (TPSA) is 143 Å². The van der Waals surface area contributed by atoms with Crippen LogP contribution in [-0.4, -0.2) is 64.5 Å². The standard InChI is InChI=1S/C16H22N6O6S/c1-11(20-27-4)9-28-13-7-5-6-8-14(13)29(24,25)21-15(23)19-22-12(2)17-10-18-16(22)26-3/h5-8,10,16H,9H2,1-4H3,(H2,19,21,23). The number of rotatable bonds is 8. The van der Waals surface area contributed by atoms with Crippen LogP contribution in [0.25, 0.3) is 0 Å². The zero-order valence-electron chi connectivity index (χ0n) is 16.3. The second-order valence-electron chi connectivity index (χ2n) is 5.66. The van der Waals surface area contributed by atoms with Gasteiger partial charge in [-0.2, -0.15) is 0 Å². The molecule has 0 aromatic heterocycles. The Bertz CT molecular complexity index is 930. The largest absolute Gasteiger partial charge is 0.486 e. The molecule has 1 aliphatic heterocycles. The summed E-state index contributed by atoms with van der Waals surface area (Å²) in [5, 5.41) is 4.87. The number of hydrogen-bond donors (Lipinski definition) is 2. The maximum absolute atomic E-state index is 12.7. The van der Waals surface area contributed by atoms with Crippen molar-refractivity contribution in [3.8, 4) is 5.75 Å². The molecule has 1 aromatic carbocycles. The Morgan fingerprint density at radius 2 is 2.03 bits per heavy atom. The van der Waals surface area contributed by atoms with E-state index in [1.165, 1.54) is 43.8 Å². The van der Waals surface area contributed by atoms with Crippen molar-refractivity contribution in [1.29, 1.82) is 0 Å². The fraction of sp³-hybridized carbons (Fsp3) is 0.375. The van der Waals surface area contributed by atoms with Crippen molar-refractivity contribution in [3.05, 3.63) is 24.3 Å². The van der Waals surface area contributed by atoms with E-state index < -0.39 is 22.4 Å². The number of amidine groups is 1. The first-order chi connectivity index (χ1) is 13.8. The highest BCUT2D eigenvalue weighted by molar-refractivity contribution is 7.90. The lowest BCUT2D eigenvalue weighted by molar-refractivity contribution is -0.00453. The number of carbonyl (C=O) groups is 1. The maximum atomic E-state index is 12.7. The highest BCUT2D eigenvalue weighted by Gasteiger charge is 2.27. The van der Waals surface area contributed by atoms with Crippen LogP contribution < -0.4 is 14.9 Å². The molecule has 0 saturated carbocycles. The van der Waals surface area contributed by atoms with E-state index in [2.05, 4.69) is 25.4 Å². The van der Waals surface area contributed by atoms with Gasteiger partial charge in [-0.25, -0.2) is 38.4 Å². The van der Waals surface area contributed by atoms with Gasteiger partial charge in [-0.15, -0.1) is 0 Å². The van der Waals surface area contributed by atoms with Crippen LogP contribution in [0.3, 0.4) is 0 Å². The number of nitrogens with one attached hydrogen (secondary N) is 2. The molecule has 2 N–H and O–H groups in total. The summed E-state index contributed by atoms with van der Waals surface area (Å²) in [6.07, 6.45) is 0.401. The van der Waals surface area contributed by atoms with Crippen molar-refractivity contribution in [2.45, 2.75) is 25.1 Å². The van der Waals surface area contributed by atoms with Crippen molar-refractivity contribution in [1.82, 2.24) is 15.2 Å². The summed E-state index contributed by atoms with van der Waals surface area (Å²) in [4.78, 5) is 24.5. The number of hydrazine groups is 1. The number of carbonyl (C=O) groups excluding carboxylic acids is 1. The van der Waals surface area contributed by atoms with Crippen LogP contribution in [0.4, 0.5) is 4.79 Å². The Hall–Kier alpha value is -3.19. The van der Waals surface area contributed by atoms with Crippen LogP contribution in [0.2, 0.25) is 0 Å². The Morgan fingerprint density at radius 3 is 2.72 bits per heavy atom. The molecule has 158 valence electrons. The number of urea groups is 1. The summed E-state index contributed by atoms with van der Waals surface area (Å²) in [6, 6.07) is 4.86. The molecule has 0 saturated heterocycles. The van der Waals surface area contributed by atoms with Gasteiger partial charge < -0.3 is 14.3 Å². The van der Waals surface area contributed by atoms with E-state index in [-0.39, 0.29) is 17.3 Å². The van der Waals surface area contributed by atoms with Gasteiger partial charge in [-0.05, 0) is 26.0 Å². The molecule has 2 amide bonds. The van der Waals surface area contributed by atoms with Crippen LogP contribution in [0.1, 0.15) is 13.8 Å². The monoisotopic (exact) mass is 426 g/mol. The Kier molecular flexibility index (Phi) is 7.50. The summed E-state index contributed by atoms with van der Waals surface area (Å²) in [7, 11) is -1.48. The second kappa shape index (κ2) is 9.84. The number of hydrogen-bond acceptors (Lipinski definition) is 10. The zero-order chi connectivity index (χ0) is 21.4. The summed E-state index contributed by atoms with van der Waals surface area (Å²) < 4.78 is 37.9. The molecule has 0 aliphatic carbocycles. The fourth-order valence-corrected chi connectivity index (χ4v) is 3.28. The number of nitrogens with zero attached hydrogens (tertiary/aromatic N) is 4. The smallest absolute Gasteiger partial charge is 0.347 e. The molecular formula is C16H22N6O6S. The number of benzene rings is 1. The predicted molar refractivity (Wildman–Crippen MR) is 105 cm³/mol. The second-order valence-corrected chi connectivity index (χ2v) is 7.31. The van der Waals surface area contributed by atoms with Gasteiger partial charge in [0.05, 0.1) is 5.71 Å². The zero-order valence-corrected chi connectivity index (χ0v) is 17.1. The van der Waals surface area contributed by atoms with E-state index in [0.717, 1.165) is 0 Å². The molecule has 0 bridgehead atoms. The highest BCUT2D eigenvalue weighted by atomic mass is 32.2. The SMILES string of the molecule is CON=C(C)COc1ccccc1S(=O)(=O)NC(=O)NN1C(C)=NC=NC1OC. The van der Waals surface area contributed by atoms with Gasteiger partial charge in [-0.3, -0.25) is 0 Å². The normalized spacial score (nSPS) is 16.8. The lowest BCUT2D eigenvalue weighted by Crippen LogP contribution is -2.55. The molecule has 1 unspecified atom stereocenters. The van der Waals surface area contributed by atoms with E-state index >= 15 is 0 Å². The molecule has 0 radical (unpaired) electrons. The molecule has 1 aromatic rings. The molecule has 29 heavy (non-hydrogen) atoms. The summed E-state index contributed by atoms with van der Waals surface area (Å²) >= 11 is 0. The van der Waals surface area contributed by atoms with Gasteiger partial charge in [0.2, 0.25) is 6.35 Å². The number of para-hydroxylation sites is 1. The lowest BCUT2D eigenvalue weighted by Gasteiger charge is -2.30. The minimum Gasteiger partial charge on any atom is -0.486 e. The van der Waals surface area contributed by atoms with E-state index in [4.69, 9.17) is 9.47 Å². The quantitative estimate of drug-likeness (QED) is 0.460. The number of sulfonamides is 1.